The second kappa shape index (κ2) is 4.13. The number of nitrogens with zero attached hydrogens (tertiary/aromatic N) is 3. The van der Waals surface area contributed by atoms with Gasteiger partial charge in [0.2, 0.25) is 0 Å². The summed E-state index contributed by atoms with van der Waals surface area (Å²) < 4.78 is 0. The normalized spacial score (nSPS) is 11.5. The third-order valence-corrected chi connectivity index (χ3v) is 2.89. The van der Waals surface area contributed by atoms with Crippen LogP contribution in [0.4, 0.5) is 5.82 Å². The molecule has 0 N–H and O–H groups in total. The summed E-state index contributed by atoms with van der Waals surface area (Å²) in [5.74, 6) is 0.810. The Bertz CT molecular complexity index is 312. The average Bonchev–Trinajstić information content (AvgIpc) is 2.16. The van der Waals surface area contributed by atoms with Gasteiger partial charge in [0, 0.05) is 12.6 Å². The van der Waals surface area contributed by atoms with Crippen LogP contribution in [-0.2, 0) is 0 Å². The van der Waals surface area contributed by atoms with Crippen molar-refractivity contribution in [1.82, 2.24) is 9.97 Å². The van der Waals surface area contributed by atoms with Crippen LogP contribution in [0.2, 0.25) is 5.15 Å². The highest BCUT2D eigenvalue weighted by atomic mass is 35.5. The molecule has 78 valence electrons. The van der Waals surface area contributed by atoms with Crippen LogP contribution in [-0.4, -0.2) is 22.6 Å². The Morgan fingerprint density at radius 1 is 1.43 bits per heavy atom. The van der Waals surface area contributed by atoms with Gasteiger partial charge in [-0.25, -0.2) is 4.98 Å². The zero-order valence-corrected chi connectivity index (χ0v) is 9.84. The van der Waals surface area contributed by atoms with Crippen molar-refractivity contribution < 1.29 is 0 Å². The Hall–Kier alpha value is -0.830. The molecule has 0 aliphatic rings. The first-order valence-electron chi connectivity index (χ1n) is 4.69. The van der Waals surface area contributed by atoms with Crippen LogP contribution >= 0.6 is 11.6 Å². The Labute approximate surface area is 90.1 Å². The lowest BCUT2D eigenvalue weighted by atomic mass is 10.0. The van der Waals surface area contributed by atoms with Crippen LogP contribution in [0.25, 0.3) is 0 Å². The van der Waals surface area contributed by atoms with Gasteiger partial charge in [-0.1, -0.05) is 18.5 Å². The van der Waals surface area contributed by atoms with Gasteiger partial charge in [-0.3, -0.25) is 4.98 Å². The molecule has 1 aromatic heterocycles. The van der Waals surface area contributed by atoms with E-state index in [0.29, 0.717) is 5.15 Å². The van der Waals surface area contributed by atoms with Crippen LogP contribution < -0.4 is 4.90 Å². The van der Waals surface area contributed by atoms with Gasteiger partial charge in [-0.2, -0.15) is 0 Å². The highest BCUT2D eigenvalue weighted by molar-refractivity contribution is 6.29. The number of anilines is 1. The molecule has 1 aromatic rings. The van der Waals surface area contributed by atoms with E-state index >= 15 is 0 Å². The number of rotatable bonds is 3. The van der Waals surface area contributed by atoms with Crippen molar-refractivity contribution in [3.63, 3.8) is 0 Å². The molecule has 1 rings (SSSR count). The average molecular weight is 214 g/mol. The fraction of sp³-hybridized carbons (Fsp3) is 0.600. The van der Waals surface area contributed by atoms with Gasteiger partial charge in [0.1, 0.15) is 11.0 Å². The van der Waals surface area contributed by atoms with E-state index in [2.05, 4.69) is 35.6 Å². The monoisotopic (exact) mass is 213 g/mol. The molecule has 4 heteroatoms. The lowest BCUT2D eigenvalue weighted by molar-refractivity contribution is 0.467. The molecular formula is C10H16ClN3. The minimum atomic E-state index is 0.0688. The molecule has 0 aliphatic carbocycles. The van der Waals surface area contributed by atoms with Gasteiger partial charge in [0.05, 0.1) is 12.4 Å². The van der Waals surface area contributed by atoms with Gasteiger partial charge < -0.3 is 4.90 Å². The smallest absolute Gasteiger partial charge is 0.149 e. The highest BCUT2D eigenvalue weighted by Crippen LogP contribution is 2.22. The number of aromatic nitrogens is 2. The maximum absolute atomic E-state index is 5.78. The van der Waals surface area contributed by atoms with Gasteiger partial charge >= 0.3 is 0 Å². The molecule has 0 spiro atoms. The summed E-state index contributed by atoms with van der Waals surface area (Å²) in [6.45, 7) is 6.47. The van der Waals surface area contributed by atoms with Gasteiger partial charge in [0.25, 0.3) is 0 Å². The van der Waals surface area contributed by atoms with Gasteiger partial charge in [0.15, 0.2) is 0 Å². The lowest BCUT2D eigenvalue weighted by Crippen LogP contribution is -2.41. The maximum Gasteiger partial charge on any atom is 0.149 e. The van der Waals surface area contributed by atoms with Crippen molar-refractivity contribution in [3.05, 3.63) is 17.5 Å². The largest absolute Gasteiger partial charge is 0.353 e. The zero-order chi connectivity index (χ0) is 10.8. The molecule has 1 heterocycles. The van der Waals surface area contributed by atoms with E-state index in [0.717, 1.165) is 12.2 Å². The minimum Gasteiger partial charge on any atom is -0.353 e. The fourth-order valence-electron chi connectivity index (χ4n) is 1.04. The maximum atomic E-state index is 5.78. The van der Waals surface area contributed by atoms with Crippen LogP contribution in [0.1, 0.15) is 27.2 Å². The molecule has 0 bridgehead atoms. The van der Waals surface area contributed by atoms with Crippen molar-refractivity contribution >= 4 is 17.4 Å². The first-order valence-corrected chi connectivity index (χ1v) is 5.06. The van der Waals surface area contributed by atoms with Crippen LogP contribution in [0.3, 0.4) is 0 Å². The van der Waals surface area contributed by atoms with Crippen molar-refractivity contribution in [2.75, 3.05) is 11.9 Å². The third kappa shape index (κ3) is 2.35. The summed E-state index contributed by atoms with van der Waals surface area (Å²) in [6.07, 6.45) is 4.30. The zero-order valence-electron chi connectivity index (χ0n) is 9.08. The second-order valence-electron chi connectivity index (χ2n) is 3.93. The molecule has 3 nitrogen and oxygen atoms in total. The van der Waals surface area contributed by atoms with E-state index in [-0.39, 0.29) is 5.54 Å². The summed E-state index contributed by atoms with van der Waals surface area (Å²) in [5, 5.41) is 0.432. The predicted molar refractivity (Wildman–Crippen MR) is 59.8 cm³/mol. The molecule has 0 radical (unpaired) electrons. The van der Waals surface area contributed by atoms with Crippen LogP contribution in [0.5, 0.6) is 0 Å². The topological polar surface area (TPSA) is 29.0 Å². The minimum absolute atomic E-state index is 0.0688. The Kier molecular flexibility index (Phi) is 3.32. The Morgan fingerprint density at radius 2 is 2.07 bits per heavy atom. The van der Waals surface area contributed by atoms with Crippen molar-refractivity contribution in [2.45, 2.75) is 32.7 Å². The highest BCUT2D eigenvalue weighted by Gasteiger charge is 2.22. The van der Waals surface area contributed by atoms with Crippen LogP contribution in [0, 0.1) is 0 Å². The third-order valence-electron chi connectivity index (χ3n) is 2.71. The molecular weight excluding hydrogens is 198 g/mol. The molecule has 0 aliphatic heterocycles. The quantitative estimate of drug-likeness (QED) is 0.773. The summed E-state index contributed by atoms with van der Waals surface area (Å²) in [7, 11) is 2.00. The van der Waals surface area contributed by atoms with Crippen molar-refractivity contribution in [2.24, 2.45) is 0 Å². The lowest BCUT2D eigenvalue weighted by Gasteiger charge is -2.35. The second-order valence-corrected chi connectivity index (χ2v) is 4.31. The summed E-state index contributed by atoms with van der Waals surface area (Å²) >= 11 is 5.78. The molecule has 0 fully saturated rings. The van der Waals surface area contributed by atoms with Gasteiger partial charge in [-0.05, 0) is 20.3 Å². The number of hydrogen-bond acceptors (Lipinski definition) is 3. The molecule has 0 atom stereocenters. The standard InChI is InChI=1S/C10H16ClN3/c1-5-10(2,3)14(4)9-7-12-6-8(11)13-9/h6-7H,5H2,1-4H3. The van der Waals surface area contributed by atoms with E-state index in [9.17, 15) is 0 Å². The van der Waals surface area contributed by atoms with E-state index in [1.165, 1.54) is 6.20 Å². The Morgan fingerprint density at radius 3 is 2.57 bits per heavy atom. The summed E-state index contributed by atoms with van der Waals surface area (Å²) in [6, 6.07) is 0. The Balaban J connectivity index is 2.94. The van der Waals surface area contributed by atoms with E-state index in [1.807, 2.05) is 7.05 Å². The number of hydrogen-bond donors (Lipinski definition) is 0. The molecule has 0 amide bonds. The fourth-order valence-corrected chi connectivity index (χ4v) is 1.18. The van der Waals surface area contributed by atoms with Gasteiger partial charge in [-0.15, -0.1) is 0 Å². The predicted octanol–water partition coefficient (Wildman–Crippen LogP) is 2.75. The van der Waals surface area contributed by atoms with E-state index in [1.54, 1.807) is 6.20 Å². The summed E-state index contributed by atoms with van der Waals surface area (Å²) in [5.41, 5.74) is 0.0688. The first-order chi connectivity index (χ1) is 6.47. The molecule has 0 saturated carbocycles. The van der Waals surface area contributed by atoms with Crippen molar-refractivity contribution in [1.29, 1.82) is 0 Å². The molecule has 0 saturated heterocycles. The van der Waals surface area contributed by atoms with E-state index < -0.39 is 0 Å². The molecule has 0 aromatic carbocycles. The molecule has 14 heavy (non-hydrogen) atoms. The molecule has 0 unspecified atom stereocenters. The number of halogens is 1. The first kappa shape index (κ1) is 11.2. The summed E-state index contributed by atoms with van der Waals surface area (Å²) in [4.78, 5) is 10.3. The van der Waals surface area contributed by atoms with Crippen LogP contribution in [0.15, 0.2) is 12.4 Å². The SMILES string of the molecule is CCC(C)(C)N(C)c1cncc(Cl)n1. The van der Waals surface area contributed by atoms with Crippen molar-refractivity contribution in [3.8, 4) is 0 Å². The van der Waals surface area contributed by atoms with E-state index in [4.69, 9.17) is 11.6 Å².